The normalized spacial score (nSPS) is 17.4. The fourth-order valence-electron chi connectivity index (χ4n) is 4.52. The number of methoxy groups -OCH3 is 1. The molecule has 5 rings (SSSR count). The third-order valence-electron chi connectivity index (χ3n) is 6.58. The minimum Gasteiger partial charge on any atom is -0.495 e. The SMILES string of the molecule is CCC1CNc2ncc(-c3ccnc(Nc4ccc(C(=O)NC5CCOCC5)cc4OC)n3)cc21. The van der Waals surface area contributed by atoms with Crippen LogP contribution in [0.25, 0.3) is 11.3 Å². The molecule has 1 amide bonds. The van der Waals surface area contributed by atoms with Crippen LogP contribution < -0.4 is 20.7 Å². The highest BCUT2D eigenvalue weighted by atomic mass is 16.5. The molecular formula is C26H30N6O3. The Hall–Kier alpha value is -3.72. The predicted molar refractivity (Wildman–Crippen MR) is 134 cm³/mol. The van der Waals surface area contributed by atoms with Crippen molar-refractivity contribution in [1.29, 1.82) is 0 Å². The van der Waals surface area contributed by atoms with Crippen molar-refractivity contribution in [1.82, 2.24) is 20.3 Å². The van der Waals surface area contributed by atoms with E-state index in [0.717, 1.165) is 42.9 Å². The first-order valence-corrected chi connectivity index (χ1v) is 12.1. The zero-order valence-electron chi connectivity index (χ0n) is 20.0. The van der Waals surface area contributed by atoms with Crippen molar-refractivity contribution in [3.63, 3.8) is 0 Å². The van der Waals surface area contributed by atoms with Crippen LogP contribution in [-0.4, -0.2) is 53.8 Å². The Kier molecular flexibility index (Phi) is 6.76. The van der Waals surface area contributed by atoms with Crippen LogP contribution in [0.4, 0.5) is 17.5 Å². The molecule has 9 nitrogen and oxygen atoms in total. The maximum absolute atomic E-state index is 12.7. The molecule has 2 aromatic heterocycles. The van der Waals surface area contributed by atoms with E-state index < -0.39 is 0 Å². The second-order valence-corrected chi connectivity index (χ2v) is 8.81. The fourth-order valence-corrected chi connectivity index (χ4v) is 4.52. The molecule has 0 spiro atoms. The van der Waals surface area contributed by atoms with E-state index in [9.17, 15) is 4.79 Å². The lowest BCUT2D eigenvalue weighted by atomic mass is 9.98. The molecule has 4 heterocycles. The summed E-state index contributed by atoms with van der Waals surface area (Å²) >= 11 is 0. The monoisotopic (exact) mass is 474 g/mol. The highest BCUT2D eigenvalue weighted by Gasteiger charge is 2.23. The van der Waals surface area contributed by atoms with E-state index in [1.807, 2.05) is 18.3 Å². The van der Waals surface area contributed by atoms with Gasteiger partial charge in [-0.1, -0.05) is 6.92 Å². The fraction of sp³-hybridized carbons (Fsp3) is 0.385. The predicted octanol–water partition coefficient (Wildman–Crippen LogP) is 4.12. The van der Waals surface area contributed by atoms with E-state index in [0.29, 0.717) is 42.1 Å². The first-order chi connectivity index (χ1) is 17.1. The van der Waals surface area contributed by atoms with Crippen LogP contribution >= 0.6 is 0 Å². The zero-order valence-corrected chi connectivity index (χ0v) is 20.0. The van der Waals surface area contributed by atoms with Crippen LogP contribution in [0.5, 0.6) is 5.75 Å². The maximum atomic E-state index is 12.7. The summed E-state index contributed by atoms with van der Waals surface area (Å²) in [4.78, 5) is 26.4. The average molecular weight is 475 g/mol. The van der Waals surface area contributed by atoms with Crippen LogP contribution in [0.3, 0.4) is 0 Å². The molecule has 35 heavy (non-hydrogen) atoms. The molecule has 2 aliphatic rings. The van der Waals surface area contributed by atoms with Crippen molar-refractivity contribution in [2.24, 2.45) is 0 Å². The average Bonchev–Trinajstić information content (AvgIpc) is 3.32. The van der Waals surface area contributed by atoms with Crippen molar-refractivity contribution in [3.8, 4) is 17.0 Å². The van der Waals surface area contributed by atoms with Crippen molar-refractivity contribution in [2.45, 2.75) is 38.1 Å². The number of amides is 1. The molecule has 0 bridgehead atoms. The van der Waals surface area contributed by atoms with Gasteiger partial charge in [-0.25, -0.2) is 15.0 Å². The molecule has 9 heteroatoms. The van der Waals surface area contributed by atoms with Gasteiger partial charge in [0.1, 0.15) is 11.6 Å². The summed E-state index contributed by atoms with van der Waals surface area (Å²) in [7, 11) is 1.58. The number of nitrogens with one attached hydrogen (secondary N) is 3. The number of nitrogens with zero attached hydrogens (tertiary/aromatic N) is 3. The Balaban J connectivity index is 1.33. The number of hydrogen-bond acceptors (Lipinski definition) is 8. The molecular weight excluding hydrogens is 444 g/mol. The Morgan fingerprint density at radius 1 is 1.20 bits per heavy atom. The quantitative estimate of drug-likeness (QED) is 0.469. The van der Waals surface area contributed by atoms with E-state index in [1.165, 1.54) is 5.56 Å². The van der Waals surface area contributed by atoms with Crippen molar-refractivity contribution in [3.05, 3.63) is 53.9 Å². The molecule has 1 fully saturated rings. The van der Waals surface area contributed by atoms with Gasteiger partial charge in [0.25, 0.3) is 5.91 Å². The van der Waals surface area contributed by atoms with Crippen molar-refractivity contribution < 1.29 is 14.3 Å². The van der Waals surface area contributed by atoms with E-state index in [4.69, 9.17) is 14.5 Å². The molecule has 182 valence electrons. The van der Waals surface area contributed by atoms with Gasteiger partial charge in [0, 0.05) is 55.2 Å². The van der Waals surface area contributed by atoms with Gasteiger partial charge in [-0.15, -0.1) is 0 Å². The van der Waals surface area contributed by atoms with Crippen molar-refractivity contribution in [2.75, 3.05) is 37.5 Å². The van der Waals surface area contributed by atoms with Crippen LogP contribution in [0.1, 0.15) is 48.0 Å². The maximum Gasteiger partial charge on any atom is 0.251 e. The van der Waals surface area contributed by atoms with Gasteiger partial charge < -0.3 is 25.4 Å². The Labute approximate surface area is 204 Å². The topological polar surface area (TPSA) is 110 Å². The van der Waals surface area contributed by atoms with Gasteiger partial charge >= 0.3 is 0 Å². The Morgan fingerprint density at radius 2 is 2.06 bits per heavy atom. The summed E-state index contributed by atoms with van der Waals surface area (Å²) in [6.45, 7) is 4.46. The smallest absolute Gasteiger partial charge is 0.251 e. The van der Waals surface area contributed by atoms with Crippen LogP contribution in [-0.2, 0) is 4.74 Å². The first-order valence-electron chi connectivity index (χ1n) is 12.1. The summed E-state index contributed by atoms with van der Waals surface area (Å²) in [6.07, 6.45) is 6.26. The number of pyridine rings is 1. The number of carbonyl (C=O) groups excluding carboxylic acids is 1. The highest BCUT2D eigenvalue weighted by molar-refractivity contribution is 5.95. The molecule has 1 aromatic carbocycles. The summed E-state index contributed by atoms with van der Waals surface area (Å²) in [5.74, 6) is 2.27. The van der Waals surface area contributed by atoms with Gasteiger partial charge in [-0.3, -0.25) is 4.79 Å². The molecule has 0 aliphatic carbocycles. The molecule has 1 unspecified atom stereocenters. The highest BCUT2D eigenvalue weighted by Crippen LogP contribution is 2.35. The lowest BCUT2D eigenvalue weighted by molar-refractivity contribution is 0.0696. The first kappa shape index (κ1) is 23.0. The minimum atomic E-state index is -0.121. The molecule has 1 atom stereocenters. The van der Waals surface area contributed by atoms with E-state index >= 15 is 0 Å². The largest absolute Gasteiger partial charge is 0.495 e. The molecule has 0 saturated carbocycles. The summed E-state index contributed by atoms with van der Waals surface area (Å²) in [6, 6.07) is 9.47. The standard InChI is InChI=1S/C26H30N6O3/c1-3-16-14-28-24-20(16)12-18(15-29-24)21-6-9-27-26(31-21)32-22-5-4-17(13-23(22)34-2)25(33)30-19-7-10-35-11-8-19/h4-6,9,12-13,15-16,19H,3,7-8,10-11,14H2,1-2H3,(H,28,29)(H,30,33)(H,27,31,32). The van der Waals surface area contributed by atoms with Gasteiger partial charge in [0.05, 0.1) is 18.5 Å². The summed E-state index contributed by atoms with van der Waals surface area (Å²) in [5, 5.41) is 9.67. The summed E-state index contributed by atoms with van der Waals surface area (Å²) < 4.78 is 10.9. The van der Waals surface area contributed by atoms with Crippen LogP contribution in [0.15, 0.2) is 42.7 Å². The Morgan fingerprint density at radius 3 is 2.86 bits per heavy atom. The number of rotatable bonds is 7. The molecule has 2 aliphatic heterocycles. The van der Waals surface area contributed by atoms with E-state index in [1.54, 1.807) is 25.4 Å². The number of benzene rings is 1. The van der Waals surface area contributed by atoms with Crippen LogP contribution in [0.2, 0.25) is 0 Å². The molecule has 3 N–H and O–H groups in total. The van der Waals surface area contributed by atoms with Gasteiger partial charge in [-0.2, -0.15) is 0 Å². The number of aromatic nitrogens is 3. The third kappa shape index (κ3) is 5.05. The molecule has 1 saturated heterocycles. The molecule has 0 radical (unpaired) electrons. The lowest BCUT2D eigenvalue weighted by Gasteiger charge is -2.23. The van der Waals surface area contributed by atoms with Gasteiger partial charge in [0.15, 0.2) is 0 Å². The third-order valence-corrected chi connectivity index (χ3v) is 6.58. The van der Waals surface area contributed by atoms with E-state index in [2.05, 4.69) is 38.9 Å². The minimum absolute atomic E-state index is 0.121. The zero-order chi connectivity index (χ0) is 24.2. The number of ether oxygens (including phenoxy) is 2. The number of carbonyl (C=O) groups is 1. The Bertz CT molecular complexity index is 1210. The molecule has 3 aromatic rings. The van der Waals surface area contributed by atoms with Gasteiger partial charge in [-0.05, 0) is 55.2 Å². The van der Waals surface area contributed by atoms with Crippen molar-refractivity contribution >= 4 is 23.4 Å². The summed E-state index contributed by atoms with van der Waals surface area (Å²) in [5.41, 5.74) is 4.18. The van der Waals surface area contributed by atoms with Crippen LogP contribution in [0, 0.1) is 0 Å². The second kappa shape index (κ2) is 10.3. The van der Waals surface area contributed by atoms with Gasteiger partial charge in [0.2, 0.25) is 5.95 Å². The van der Waals surface area contributed by atoms with E-state index in [-0.39, 0.29) is 11.9 Å². The lowest BCUT2D eigenvalue weighted by Crippen LogP contribution is -2.38. The number of hydrogen-bond donors (Lipinski definition) is 3. The number of fused-ring (bicyclic) bond motifs is 1. The number of anilines is 3. The second-order valence-electron chi connectivity index (χ2n) is 8.81.